The van der Waals surface area contributed by atoms with Gasteiger partial charge in [-0.2, -0.15) is 5.26 Å². The number of carbonyl (C=O) groups excluding carboxylic acids is 1. The van der Waals surface area contributed by atoms with E-state index in [9.17, 15) is 10.1 Å². The van der Waals surface area contributed by atoms with Crippen LogP contribution in [-0.4, -0.2) is 16.2 Å². The monoisotopic (exact) mass is 457 g/mol. The first-order chi connectivity index (χ1) is 13.5. The van der Waals surface area contributed by atoms with Crippen LogP contribution in [0, 0.1) is 25.2 Å². The minimum atomic E-state index is -0.114. The molecule has 0 radical (unpaired) electrons. The maximum absolute atomic E-state index is 12.5. The van der Waals surface area contributed by atoms with Crippen LogP contribution in [0.25, 0.3) is 0 Å². The van der Waals surface area contributed by atoms with Gasteiger partial charge in [0.05, 0.1) is 18.4 Å². The standard InChI is InChI=1S/C21H20BrN3O2S/c1-14-15(2)25(13-17-6-4-9-27-17)21(19(14)12-23)24-20(26)8-10-28-18-7-3-5-16(22)11-18/h3-7,9,11H,8,10,13H2,1-2H3,(H,24,26). The smallest absolute Gasteiger partial charge is 0.226 e. The number of anilines is 1. The van der Waals surface area contributed by atoms with Gasteiger partial charge in [0, 0.05) is 27.2 Å². The van der Waals surface area contributed by atoms with Crippen LogP contribution >= 0.6 is 27.7 Å². The second-order valence-electron chi connectivity index (χ2n) is 6.32. The second kappa shape index (κ2) is 9.18. The lowest BCUT2D eigenvalue weighted by molar-refractivity contribution is -0.115. The first-order valence-electron chi connectivity index (χ1n) is 8.80. The summed E-state index contributed by atoms with van der Waals surface area (Å²) in [4.78, 5) is 13.6. The number of halogens is 1. The van der Waals surface area contributed by atoms with Crippen molar-refractivity contribution in [1.82, 2.24) is 4.57 Å². The molecule has 1 N–H and O–H groups in total. The SMILES string of the molecule is Cc1c(C#N)c(NC(=O)CCSc2cccc(Br)c2)n(Cc2ccco2)c1C. The normalized spacial score (nSPS) is 10.6. The van der Waals surface area contributed by atoms with Crippen LogP contribution in [-0.2, 0) is 11.3 Å². The Kier molecular flexibility index (Phi) is 6.65. The van der Waals surface area contributed by atoms with Crippen molar-refractivity contribution in [2.75, 3.05) is 11.1 Å². The zero-order valence-electron chi connectivity index (χ0n) is 15.7. The van der Waals surface area contributed by atoms with Crippen LogP contribution in [0.5, 0.6) is 0 Å². The largest absolute Gasteiger partial charge is 0.467 e. The molecule has 0 atom stereocenters. The van der Waals surface area contributed by atoms with Gasteiger partial charge in [-0.25, -0.2) is 0 Å². The van der Waals surface area contributed by atoms with E-state index >= 15 is 0 Å². The van der Waals surface area contributed by atoms with E-state index in [2.05, 4.69) is 27.3 Å². The minimum Gasteiger partial charge on any atom is -0.467 e. The van der Waals surface area contributed by atoms with Crippen molar-refractivity contribution < 1.29 is 9.21 Å². The third-order valence-corrected chi connectivity index (χ3v) is 5.98. The van der Waals surface area contributed by atoms with Crippen molar-refractivity contribution in [2.24, 2.45) is 0 Å². The van der Waals surface area contributed by atoms with E-state index in [1.807, 2.05) is 54.8 Å². The highest BCUT2D eigenvalue weighted by Gasteiger charge is 2.20. The van der Waals surface area contributed by atoms with Crippen LogP contribution in [0.15, 0.2) is 56.4 Å². The number of hydrogen-bond donors (Lipinski definition) is 1. The predicted molar refractivity (Wildman–Crippen MR) is 115 cm³/mol. The number of nitrogens with one attached hydrogen (secondary N) is 1. The summed E-state index contributed by atoms with van der Waals surface area (Å²) in [6.45, 7) is 4.30. The highest BCUT2D eigenvalue weighted by molar-refractivity contribution is 9.10. The molecule has 3 aromatic rings. The molecule has 0 bridgehead atoms. The van der Waals surface area contributed by atoms with Crippen LogP contribution < -0.4 is 5.32 Å². The fourth-order valence-electron chi connectivity index (χ4n) is 2.90. The number of hydrogen-bond acceptors (Lipinski definition) is 4. The summed E-state index contributed by atoms with van der Waals surface area (Å²) in [5, 5.41) is 12.5. The number of furan rings is 1. The van der Waals surface area contributed by atoms with Gasteiger partial charge in [-0.15, -0.1) is 11.8 Å². The van der Waals surface area contributed by atoms with Gasteiger partial charge < -0.3 is 14.3 Å². The molecule has 0 aliphatic carbocycles. The van der Waals surface area contributed by atoms with Crippen molar-refractivity contribution in [1.29, 1.82) is 5.26 Å². The highest BCUT2D eigenvalue weighted by Crippen LogP contribution is 2.28. The Morgan fingerprint density at radius 2 is 2.14 bits per heavy atom. The summed E-state index contributed by atoms with van der Waals surface area (Å²) in [6, 6.07) is 13.9. The van der Waals surface area contributed by atoms with E-state index in [4.69, 9.17) is 4.42 Å². The van der Waals surface area contributed by atoms with Crippen molar-refractivity contribution in [3.63, 3.8) is 0 Å². The van der Waals surface area contributed by atoms with Gasteiger partial charge in [-0.1, -0.05) is 22.0 Å². The van der Waals surface area contributed by atoms with Gasteiger partial charge in [0.1, 0.15) is 17.6 Å². The maximum Gasteiger partial charge on any atom is 0.226 e. The van der Waals surface area contributed by atoms with Crippen LogP contribution in [0.3, 0.4) is 0 Å². The Balaban J connectivity index is 1.70. The summed E-state index contributed by atoms with van der Waals surface area (Å²) in [7, 11) is 0. The van der Waals surface area contributed by atoms with E-state index in [-0.39, 0.29) is 5.91 Å². The van der Waals surface area contributed by atoms with Crippen molar-refractivity contribution in [3.05, 3.63) is 69.7 Å². The van der Waals surface area contributed by atoms with Gasteiger partial charge in [0.2, 0.25) is 5.91 Å². The zero-order chi connectivity index (χ0) is 20.1. The van der Waals surface area contributed by atoms with Crippen molar-refractivity contribution >= 4 is 39.4 Å². The summed E-state index contributed by atoms with van der Waals surface area (Å²) in [5.74, 6) is 1.84. The van der Waals surface area contributed by atoms with E-state index in [0.29, 0.717) is 30.1 Å². The zero-order valence-corrected chi connectivity index (χ0v) is 18.1. The molecule has 0 saturated carbocycles. The molecule has 2 heterocycles. The van der Waals surface area contributed by atoms with E-state index in [1.165, 1.54) is 0 Å². The Morgan fingerprint density at radius 3 is 2.82 bits per heavy atom. The molecular weight excluding hydrogens is 438 g/mol. The Labute approximate surface area is 176 Å². The molecule has 1 aromatic carbocycles. The first-order valence-corrected chi connectivity index (χ1v) is 10.6. The number of rotatable bonds is 7. The number of amides is 1. The first kappa shape index (κ1) is 20.3. The number of aromatic nitrogens is 1. The molecule has 1 amide bonds. The van der Waals surface area contributed by atoms with Crippen molar-refractivity contribution in [3.8, 4) is 6.07 Å². The van der Waals surface area contributed by atoms with Gasteiger partial charge in [0.25, 0.3) is 0 Å². The van der Waals surface area contributed by atoms with Gasteiger partial charge in [-0.3, -0.25) is 4.79 Å². The number of thioether (sulfide) groups is 1. The fraction of sp³-hybridized carbons (Fsp3) is 0.238. The quantitative estimate of drug-likeness (QED) is 0.475. The number of nitriles is 1. The molecule has 144 valence electrons. The van der Waals surface area contributed by atoms with Gasteiger partial charge in [-0.05, 0) is 49.7 Å². The lowest BCUT2D eigenvalue weighted by Crippen LogP contribution is -2.17. The second-order valence-corrected chi connectivity index (χ2v) is 8.40. The summed E-state index contributed by atoms with van der Waals surface area (Å²) < 4.78 is 8.37. The molecule has 0 saturated heterocycles. The average molecular weight is 458 g/mol. The molecule has 0 aliphatic rings. The minimum absolute atomic E-state index is 0.114. The van der Waals surface area contributed by atoms with E-state index in [0.717, 1.165) is 26.4 Å². The van der Waals surface area contributed by atoms with Crippen molar-refractivity contribution in [2.45, 2.75) is 31.7 Å². The van der Waals surface area contributed by atoms with Crippen LogP contribution in [0.2, 0.25) is 0 Å². The predicted octanol–water partition coefficient (Wildman–Crippen LogP) is 5.50. The molecule has 0 fully saturated rings. The topological polar surface area (TPSA) is 71.0 Å². The van der Waals surface area contributed by atoms with E-state index < -0.39 is 0 Å². The molecule has 2 aromatic heterocycles. The highest BCUT2D eigenvalue weighted by atomic mass is 79.9. The summed E-state index contributed by atoms with van der Waals surface area (Å²) in [6.07, 6.45) is 1.97. The molecule has 28 heavy (non-hydrogen) atoms. The number of carbonyl (C=O) groups is 1. The third-order valence-electron chi connectivity index (χ3n) is 4.49. The molecule has 0 aliphatic heterocycles. The molecule has 5 nitrogen and oxygen atoms in total. The molecule has 0 unspecified atom stereocenters. The van der Waals surface area contributed by atoms with Crippen LogP contribution in [0.4, 0.5) is 5.82 Å². The van der Waals surface area contributed by atoms with E-state index in [1.54, 1.807) is 18.0 Å². The molecule has 3 rings (SSSR count). The molecular formula is C21H20BrN3O2S. The number of benzene rings is 1. The van der Waals surface area contributed by atoms with Gasteiger partial charge in [0.15, 0.2) is 0 Å². The summed E-state index contributed by atoms with van der Waals surface area (Å²) >= 11 is 5.07. The average Bonchev–Trinajstić information content (AvgIpc) is 3.25. The third kappa shape index (κ3) is 4.70. The van der Waals surface area contributed by atoms with Crippen LogP contribution in [0.1, 0.15) is 29.0 Å². The Bertz CT molecular complexity index is 1020. The molecule has 7 heteroatoms. The fourth-order valence-corrected chi connectivity index (χ4v) is 4.36. The summed E-state index contributed by atoms with van der Waals surface area (Å²) in [5.41, 5.74) is 2.30. The van der Waals surface area contributed by atoms with Gasteiger partial charge >= 0.3 is 0 Å². The lowest BCUT2D eigenvalue weighted by Gasteiger charge is -2.12. The maximum atomic E-state index is 12.5. The number of nitrogens with zero attached hydrogens (tertiary/aromatic N) is 2. The molecule has 0 spiro atoms. The lowest BCUT2D eigenvalue weighted by atomic mass is 10.2. The Morgan fingerprint density at radius 1 is 1.32 bits per heavy atom. The Hall–Kier alpha value is -2.43.